The number of carbonyl (C=O) groups is 1. The van der Waals surface area contributed by atoms with Crippen molar-refractivity contribution in [3.63, 3.8) is 0 Å². The summed E-state index contributed by atoms with van der Waals surface area (Å²) in [6.45, 7) is 4.77. The molecule has 3 aromatic rings. The predicted molar refractivity (Wildman–Crippen MR) is 106 cm³/mol. The van der Waals surface area contributed by atoms with E-state index in [0.29, 0.717) is 6.61 Å². The van der Waals surface area contributed by atoms with Crippen LogP contribution in [0.5, 0.6) is 5.75 Å². The molecule has 4 rings (SSSR count). The van der Waals surface area contributed by atoms with Crippen LogP contribution < -0.4 is 10.1 Å². The van der Waals surface area contributed by atoms with Gasteiger partial charge in [-0.15, -0.1) is 0 Å². The number of ether oxygens (including phenoxy) is 1. The van der Waals surface area contributed by atoms with Crippen molar-refractivity contribution in [1.29, 1.82) is 0 Å². The number of carbonyl (C=O) groups excluding carboxylic acids is 1. The molecule has 2 aromatic carbocycles. The summed E-state index contributed by atoms with van der Waals surface area (Å²) in [4.78, 5) is 23.2. The quantitative estimate of drug-likeness (QED) is 0.552. The molecule has 1 aromatic heterocycles. The standard InChI is InChI=1S/C21H21N3O4/c1-13-9-14(2)21-17(10-13)18(6-8-28-21)22-20(25)12-23-7-5-15-11-16(24(26)27)3-4-19(15)23/h3-5,7,9-11,18H,6,8,12H2,1-2H3,(H,22,25). The number of hydrogen-bond donors (Lipinski definition) is 1. The van der Waals surface area contributed by atoms with Crippen molar-refractivity contribution >= 4 is 22.5 Å². The Morgan fingerprint density at radius 2 is 2.11 bits per heavy atom. The van der Waals surface area contributed by atoms with E-state index in [1.165, 1.54) is 12.1 Å². The van der Waals surface area contributed by atoms with Crippen LogP contribution in [-0.4, -0.2) is 22.0 Å². The number of aromatic nitrogens is 1. The van der Waals surface area contributed by atoms with Gasteiger partial charge in [0, 0.05) is 41.2 Å². The molecule has 1 aliphatic rings. The lowest BCUT2D eigenvalue weighted by Gasteiger charge is -2.28. The van der Waals surface area contributed by atoms with Crippen LogP contribution in [0.1, 0.15) is 29.2 Å². The van der Waals surface area contributed by atoms with Gasteiger partial charge in [-0.3, -0.25) is 14.9 Å². The first-order valence-corrected chi connectivity index (χ1v) is 9.19. The van der Waals surface area contributed by atoms with Crippen LogP contribution in [-0.2, 0) is 11.3 Å². The number of non-ortho nitro benzene ring substituents is 1. The maximum atomic E-state index is 12.7. The summed E-state index contributed by atoms with van der Waals surface area (Å²) < 4.78 is 7.61. The average Bonchev–Trinajstić information content (AvgIpc) is 3.04. The summed E-state index contributed by atoms with van der Waals surface area (Å²) in [5.74, 6) is 0.758. The summed E-state index contributed by atoms with van der Waals surface area (Å²) >= 11 is 0. The van der Waals surface area contributed by atoms with Crippen LogP contribution >= 0.6 is 0 Å². The van der Waals surface area contributed by atoms with E-state index in [1.807, 2.05) is 13.8 Å². The number of nitro benzene ring substituents is 1. The normalized spacial score (nSPS) is 15.7. The highest BCUT2D eigenvalue weighted by molar-refractivity contribution is 5.85. The molecule has 2 heterocycles. The third-order valence-electron chi connectivity index (χ3n) is 5.09. The van der Waals surface area contributed by atoms with Crippen LogP contribution in [0.3, 0.4) is 0 Å². The van der Waals surface area contributed by atoms with E-state index in [4.69, 9.17) is 4.74 Å². The summed E-state index contributed by atoms with van der Waals surface area (Å²) in [5.41, 5.74) is 4.06. The number of amides is 1. The second kappa shape index (κ2) is 6.99. The van der Waals surface area contributed by atoms with Gasteiger partial charge in [-0.2, -0.15) is 0 Å². The van der Waals surface area contributed by atoms with Crippen LogP contribution in [0.4, 0.5) is 5.69 Å². The van der Waals surface area contributed by atoms with E-state index in [9.17, 15) is 14.9 Å². The van der Waals surface area contributed by atoms with Gasteiger partial charge < -0.3 is 14.6 Å². The number of fused-ring (bicyclic) bond motifs is 2. The first kappa shape index (κ1) is 18.0. The van der Waals surface area contributed by atoms with E-state index in [-0.39, 0.29) is 24.2 Å². The number of benzene rings is 2. The number of hydrogen-bond acceptors (Lipinski definition) is 4. The lowest BCUT2D eigenvalue weighted by atomic mass is 9.95. The third-order valence-corrected chi connectivity index (χ3v) is 5.09. The highest BCUT2D eigenvalue weighted by atomic mass is 16.6. The predicted octanol–water partition coefficient (Wildman–Crippen LogP) is 3.81. The summed E-state index contributed by atoms with van der Waals surface area (Å²) in [6.07, 6.45) is 2.50. The molecule has 1 unspecified atom stereocenters. The van der Waals surface area contributed by atoms with Crippen molar-refractivity contribution < 1.29 is 14.5 Å². The van der Waals surface area contributed by atoms with Gasteiger partial charge in [0.2, 0.25) is 5.91 Å². The summed E-state index contributed by atoms with van der Waals surface area (Å²) in [7, 11) is 0. The van der Waals surface area contributed by atoms with Crippen LogP contribution in [0.15, 0.2) is 42.6 Å². The minimum Gasteiger partial charge on any atom is -0.493 e. The van der Waals surface area contributed by atoms with Gasteiger partial charge in [-0.25, -0.2) is 0 Å². The molecular weight excluding hydrogens is 358 g/mol. The Kier molecular flexibility index (Phi) is 4.50. The molecule has 7 nitrogen and oxygen atoms in total. The largest absolute Gasteiger partial charge is 0.493 e. The maximum absolute atomic E-state index is 12.7. The monoisotopic (exact) mass is 379 g/mol. The zero-order valence-electron chi connectivity index (χ0n) is 15.8. The Labute approximate surface area is 162 Å². The number of rotatable bonds is 4. The van der Waals surface area contributed by atoms with Crippen molar-refractivity contribution in [1.82, 2.24) is 9.88 Å². The van der Waals surface area contributed by atoms with Crippen molar-refractivity contribution in [2.45, 2.75) is 32.9 Å². The fraction of sp³-hybridized carbons (Fsp3) is 0.286. The van der Waals surface area contributed by atoms with Crippen LogP contribution in [0.25, 0.3) is 10.9 Å². The molecule has 0 fully saturated rings. The Morgan fingerprint density at radius 1 is 1.29 bits per heavy atom. The topological polar surface area (TPSA) is 86.4 Å². The minimum absolute atomic E-state index is 0.0410. The molecule has 7 heteroatoms. The molecule has 0 saturated carbocycles. The summed E-state index contributed by atoms with van der Waals surface area (Å²) in [6, 6.07) is 10.5. The number of nitro groups is 1. The molecule has 144 valence electrons. The molecule has 1 N–H and O–H groups in total. The molecule has 0 aliphatic carbocycles. The Hall–Kier alpha value is -3.35. The Morgan fingerprint density at radius 3 is 2.89 bits per heavy atom. The van der Waals surface area contributed by atoms with Crippen molar-refractivity contribution in [2.24, 2.45) is 0 Å². The molecular formula is C21H21N3O4. The van der Waals surface area contributed by atoms with Crippen molar-refractivity contribution in [3.05, 3.63) is 69.4 Å². The van der Waals surface area contributed by atoms with E-state index in [0.717, 1.165) is 39.8 Å². The maximum Gasteiger partial charge on any atom is 0.270 e. The van der Waals surface area contributed by atoms with E-state index in [2.05, 4.69) is 17.4 Å². The zero-order valence-corrected chi connectivity index (χ0v) is 15.8. The zero-order chi connectivity index (χ0) is 19.8. The fourth-order valence-electron chi connectivity index (χ4n) is 3.86. The van der Waals surface area contributed by atoms with Crippen LogP contribution in [0.2, 0.25) is 0 Å². The molecule has 0 bridgehead atoms. The average molecular weight is 379 g/mol. The van der Waals surface area contributed by atoms with Gasteiger partial charge in [0.15, 0.2) is 0 Å². The highest BCUT2D eigenvalue weighted by Crippen LogP contribution is 2.35. The van der Waals surface area contributed by atoms with Gasteiger partial charge in [-0.05, 0) is 31.5 Å². The molecule has 0 spiro atoms. The lowest BCUT2D eigenvalue weighted by molar-refractivity contribution is -0.384. The molecule has 0 radical (unpaired) electrons. The number of nitrogens with one attached hydrogen (secondary N) is 1. The minimum atomic E-state index is -0.421. The smallest absolute Gasteiger partial charge is 0.270 e. The van der Waals surface area contributed by atoms with E-state index >= 15 is 0 Å². The fourth-order valence-corrected chi connectivity index (χ4v) is 3.86. The molecule has 28 heavy (non-hydrogen) atoms. The second-order valence-corrected chi connectivity index (χ2v) is 7.20. The third kappa shape index (κ3) is 3.31. The van der Waals surface area contributed by atoms with Crippen molar-refractivity contribution in [3.8, 4) is 5.75 Å². The van der Waals surface area contributed by atoms with E-state index in [1.54, 1.807) is 22.9 Å². The lowest BCUT2D eigenvalue weighted by Crippen LogP contribution is -2.34. The highest BCUT2D eigenvalue weighted by Gasteiger charge is 2.25. The first-order chi connectivity index (χ1) is 13.4. The Bertz CT molecular complexity index is 1090. The van der Waals surface area contributed by atoms with Gasteiger partial charge in [0.25, 0.3) is 5.69 Å². The van der Waals surface area contributed by atoms with Crippen LogP contribution in [0, 0.1) is 24.0 Å². The van der Waals surface area contributed by atoms with Gasteiger partial charge >= 0.3 is 0 Å². The van der Waals surface area contributed by atoms with Crippen molar-refractivity contribution in [2.75, 3.05) is 6.61 Å². The molecule has 0 saturated heterocycles. The summed E-state index contributed by atoms with van der Waals surface area (Å²) in [5, 5.41) is 14.8. The SMILES string of the molecule is Cc1cc(C)c2c(c1)C(NC(=O)Cn1ccc3cc([N+](=O)[O-])ccc31)CCO2. The van der Waals surface area contributed by atoms with Gasteiger partial charge in [-0.1, -0.05) is 17.7 Å². The number of aryl methyl sites for hydroxylation is 2. The molecule has 1 aliphatic heterocycles. The first-order valence-electron chi connectivity index (χ1n) is 9.19. The van der Waals surface area contributed by atoms with Gasteiger partial charge in [0.05, 0.1) is 17.6 Å². The molecule has 1 amide bonds. The number of nitrogens with zero attached hydrogens (tertiary/aromatic N) is 2. The van der Waals surface area contributed by atoms with Gasteiger partial charge in [0.1, 0.15) is 12.3 Å². The van der Waals surface area contributed by atoms with E-state index < -0.39 is 4.92 Å². The molecule has 1 atom stereocenters. The second-order valence-electron chi connectivity index (χ2n) is 7.20. The Balaban J connectivity index is 1.53.